The summed E-state index contributed by atoms with van der Waals surface area (Å²) in [6, 6.07) is 4.90. The molecule has 0 aliphatic carbocycles. The van der Waals surface area contributed by atoms with Crippen LogP contribution < -0.4 is 10.1 Å². The minimum atomic E-state index is -1.19. The Hall–Kier alpha value is -1.30. The molecule has 1 rings (SSSR count). The molecule has 18 heavy (non-hydrogen) atoms. The molecule has 0 heterocycles. The molecule has 0 spiro atoms. The lowest BCUT2D eigenvalue weighted by Gasteiger charge is -2.20. The molecule has 3 N–H and O–H groups in total. The summed E-state index contributed by atoms with van der Waals surface area (Å²) in [7, 11) is 1.46. The average Bonchev–Trinajstić information content (AvgIpc) is 2.35. The van der Waals surface area contributed by atoms with Crippen LogP contribution in [0, 0.1) is 0 Å². The molecule has 2 unspecified atom stereocenters. The molecule has 1 aromatic rings. The van der Waals surface area contributed by atoms with Gasteiger partial charge in [0.25, 0.3) is 0 Å². The maximum Gasteiger partial charge on any atom is 0.216 e. The summed E-state index contributed by atoms with van der Waals surface area (Å²) in [5.41, 5.74) is 0.355. The number of ether oxygens (including phenoxy) is 1. The van der Waals surface area contributed by atoms with E-state index in [1.165, 1.54) is 14.0 Å². The summed E-state index contributed by atoms with van der Waals surface area (Å²) < 4.78 is 5.02. The van der Waals surface area contributed by atoms with Crippen molar-refractivity contribution in [1.29, 1.82) is 0 Å². The molecule has 0 aromatic heterocycles. The number of halogens is 1. The molecule has 0 saturated heterocycles. The third kappa shape index (κ3) is 3.60. The van der Waals surface area contributed by atoms with E-state index in [0.29, 0.717) is 11.3 Å². The second kappa shape index (κ2) is 6.58. The molecule has 0 bridgehead atoms. The summed E-state index contributed by atoms with van der Waals surface area (Å²) in [5.74, 6) is 0.137. The predicted octanol–water partition coefficient (Wildman–Crippen LogP) is 0.879. The van der Waals surface area contributed by atoms with E-state index in [4.69, 9.17) is 16.3 Å². The zero-order chi connectivity index (χ0) is 13.7. The zero-order valence-electron chi connectivity index (χ0n) is 10.2. The number of methoxy groups -OCH3 is 1. The summed E-state index contributed by atoms with van der Waals surface area (Å²) in [6.07, 6.45) is -2.34. The highest BCUT2D eigenvalue weighted by atomic mass is 35.5. The first-order chi connectivity index (χ1) is 8.47. The zero-order valence-corrected chi connectivity index (χ0v) is 10.9. The largest absolute Gasteiger partial charge is 0.495 e. The highest BCUT2D eigenvalue weighted by molar-refractivity contribution is 6.32. The number of amides is 1. The van der Waals surface area contributed by atoms with Crippen molar-refractivity contribution in [3.63, 3.8) is 0 Å². The van der Waals surface area contributed by atoms with E-state index in [2.05, 4.69) is 5.32 Å². The lowest BCUT2D eigenvalue weighted by atomic mass is 10.0. The van der Waals surface area contributed by atoms with E-state index in [-0.39, 0.29) is 17.5 Å². The average molecular weight is 274 g/mol. The van der Waals surface area contributed by atoms with Crippen molar-refractivity contribution in [2.24, 2.45) is 0 Å². The first-order valence-electron chi connectivity index (χ1n) is 5.40. The van der Waals surface area contributed by atoms with Crippen LogP contribution in [0.3, 0.4) is 0 Å². The monoisotopic (exact) mass is 273 g/mol. The number of rotatable bonds is 5. The van der Waals surface area contributed by atoms with Gasteiger partial charge < -0.3 is 20.3 Å². The number of aliphatic hydroxyl groups excluding tert-OH is 2. The van der Waals surface area contributed by atoms with Gasteiger partial charge in [0, 0.05) is 19.0 Å². The lowest BCUT2D eigenvalue weighted by Crippen LogP contribution is -2.34. The number of aliphatic hydroxyl groups is 2. The van der Waals surface area contributed by atoms with E-state index in [0.717, 1.165) is 0 Å². The van der Waals surface area contributed by atoms with Crippen molar-refractivity contribution in [3.8, 4) is 5.75 Å². The fourth-order valence-corrected chi connectivity index (χ4v) is 1.80. The Balaban J connectivity index is 2.83. The number of hydrogen-bond acceptors (Lipinski definition) is 4. The molecule has 1 amide bonds. The van der Waals surface area contributed by atoms with Gasteiger partial charge in [0.1, 0.15) is 18.0 Å². The molecule has 0 fully saturated rings. The maximum absolute atomic E-state index is 10.7. The third-order valence-corrected chi connectivity index (χ3v) is 2.86. The Kier molecular flexibility index (Phi) is 5.40. The molecular weight excluding hydrogens is 258 g/mol. The molecule has 0 radical (unpaired) electrons. The van der Waals surface area contributed by atoms with E-state index < -0.39 is 12.2 Å². The van der Waals surface area contributed by atoms with Crippen LogP contribution in [0.5, 0.6) is 5.75 Å². The third-order valence-electron chi connectivity index (χ3n) is 2.46. The Morgan fingerprint density at radius 1 is 1.50 bits per heavy atom. The molecule has 5 nitrogen and oxygen atoms in total. The van der Waals surface area contributed by atoms with Crippen LogP contribution >= 0.6 is 11.6 Å². The first-order valence-corrected chi connectivity index (χ1v) is 5.78. The summed E-state index contributed by atoms with van der Waals surface area (Å²) >= 11 is 6.03. The topological polar surface area (TPSA) is 78.8 Å². The van der Waals surface area contributed by atoms with E-state index >= 15 is 0 Å². The molecule has 6 heteroatoms. The minimum Gasteiger partial charge on any atom is -0.495 e. The van der Waals surface area contributed by atoms with Crippen molar-refractivity contribution < 1.29 is 19.7 Å². The standard InChI is InChI=1S/C12H16ClNO4/c1-7(15)14-6-9(16)12(17)8-4-3-5-10(18-2)11(8)13/h3-5,9,12,16-17H,6H2,1-2H3,(H,14,15). The molecule has 0 aliphatic rings. The number of nitrogens with one attached hydrogen (secondary N) is 1. The quantitative estimate of drug-likeness (QED) is 0.744. The van der Waals surface area contributed by atoms with Gasteiger partial charge in [0.05, 0.1) is 12.1 Å². The first kappa shape index (κ1) is 14.8. The van der Waals surface area contributed by atoms with Gasteiger partial charge in [-0.1, -0.05) is 23.7 Å². The smallest absolute Gasteiger partial charge is 0.216 e. The Morgan fingerprint density at radius 3 is 2.72 bits per heavy atom. The van der Waals surface area contributed by atoms with Crippen molar-refractivity contribution >= 4 is 17.5 Å². The van der Waals surface area contributed by atoms with Gasteiger partial charge >= 0.3 is 0 Å². The summed E-state index contributed by atoms with van der Waals surface area (Å²) in [4.78, 5) is 10.7. The van der Waals surface area contributed by atoms with E-state index in [1.54, 1.807) is 18.2 Å². The van der Waals surface area contributed by atoms with Gasteiger partial charge in [0.15, 0.2) is 0 Å². The van der Waals surface area contributed by atoms with Crippen molar-refractivity contribution in [1.82, 2.24) is 5.32 Å². The number of carbonyl (C=O) groups excluding carboxylic acids is 1. The molecule has 1 aromatic carbocycles. The van der Waals surface area contributed by atoms with Crippen LogP contribution in [0.15, 0.2) is 18.2 Å². The van der Waals surface area contributed by atoms with Crippen LogP contribution in [0.1, 0.15) is 18.6 Å². The second-order valence-corrected chi connectivity index (χ2v) is 4.19. The van der Waals surface area contributed by atoms with Crippen molar-refractivity contribution in [2.45, 2.75) is 19.1 Å². The van der Waals surface area contributed by atoms with Gasteiger partial charge in [-0.3, -0.25) is 4.79 Å². The minimum absolute atomic E-state index is 0.0515. The maximum atomic E-state index is 10.7. The van der Waals surface area contributed by atoms with E-state index in [9.17, 15) is 15.0 Å². The Bertz CT molecular complexity index is 425. The van der Waals surface area contributed by atoms with Gasteiger partial charge in [0.2, 0.25) is 5.91 Å². The van der Waals surface area contributed by atoms with Crippen molar-refractivity contribution in [2.75, 3.05) is 13.7 Å². The molecule has 2 atom stereocenters. The number of hydrogen-bond donors (Lipinski definition) is 3. The molecule has 0 saturated carbocycles. The number of benzene rings is 1. The normalized spacial score (nSPS) is 13.8. The predicted molar refractivity (Wildman–Crippen MR) is 67.7 cm³/mol. The lowest BCUT2D eigenvalue weighted by molar-refractivity contribution is -0.119. The molecule has 0 aliphatic heterocycles. The van der Waals surface area contributed by atoms with Crippen LogP contribution in [-0.4, -0.2) is 35.9 Å². The van der Waals surface area contributed by atoms with Crippen LogP contribution in [-0.2, 0) is 4.79 Å². The molecule has 100 valence electrons. The second-order valence-electron chi connectivity index (χ2n) is 3.81. The highest BCUT2D eigenvalue weighted by Gasteiger charge is 2.22. The van der Waals surface area contributed by atoms with Gasteiger partial charge in [-0.2, -0.15) is 0 Å². The van der Waals surface area contributed by atoms with E-state index in [1.807, 2.05) is 0 Å². The Labute approximate surface area is 110 Å². The van der Waals surface area contributed by atoms with Crippen molar-refractivity contribution in [3.05, 3.63) is 28.8 Å². The van der Waals surface area contributed by atoms with Gasteiger partial charge in [-0.05, 0) is 6.07 Å². The van der Waals surface area contributed by atoms with Gasteiger partial charge in [-0.15, -0.1) is 0 Å². The highest BCUT2D eigenvalue weighted by Crippen LogP contribution is 2.32. The van der Waals surface area contributed by atoms with Crippen LogP contribution in [0.2, 0.25) is 5.02 Å². The SMILES string of the molecule is COc1cccc(C(O)C(O)CNC(C)=O)c1Cl. The fourth-order valence-electron chi connectivity index (χ4n) is 1.48. The van der Waals surface area contributed by atoms with Gasteiger partial charge in [-0.25, -0.2) is 0 Å². The van der Waals surface area contributed by atoms with Crippen LogP contribution in [0.25, 0.3) is 0 Å². The summed E-state index contributed by atoms with van der Waals surface area (Å²) in [6.45, 7) is 1.28. The summed E-state index contributed by atoms with van der Waals surface area (Å²) in [5, 5.41) is 22.4. The number of carbonyl (C=O) groups is 1. The fraction of sp³-hybridized carbons (Fsp3) is 0.417. The Morgan fingerprint density at radius 2 is 2.17 bits per heavy atom. The van der Waals surface area contributed by atoms with Crippen LogP contribution in [0.4, 0.5) is 0 Å². The molecular formula is C12H16ClNO4.